The number of rotatable bonds is 6. The van der Waals surface area contributed by atoms with Crippen molar-refractivity contribution in [3.63, 3.8) is 0 Å². The lowest BCUT2D eigenvalue weighted by Gasteiger charge is -2.05. The number of alkyl halides is 3. The van der Waals surface area contributed by atoms with Crippen molar-refractivity contribution in [2.24, 2.45) is 0 Å². The molecule has 2 rings (SSSR count). The largest absolute Gasteiger partial charge is 0.441 e. The van der Waals surface area contributed by atoms with Crippen LogP contribution in [0.5, 0.6) is 0 Å². The van der Waals surface area contributed by atoms with E-state index in [0.29, 0.717) is 13.1 Å². The van der Waals surface area contributed by atoms with Gasteiger partial charge in [0.05, 0.1) is 11.4 Å². The fourth-order valence-electron chi connectivity index (χ4n) is 1.64. The van der Waals surface area contributed by atoms with Crippen LogP contribution < -0.4 is 5.32 Å². The van der Waals surface area contributed by atoms with E-state index in [0.717, 1.165) is 11.4 Å². The van der Waals surface area contributed by atoms with Gasteiger partial charge in [-0.15, -0.1) is 0 Å². The van der Waals surface area contributed by atoms with Crippen molar-refractivity contribution in [1.82, 2.24) is 15.1 Å². The number of thioether (sulfide) groups is 1. The summed E-state index contributed by atoms with van der Waals surface area (Å²) in [6.45, 7) is 0.751. The smallest absolute Gasteiger partial charge is 0.310 e. The molecule has 0 fully saturated rings. The van der Waals surface area contributed by atoms with Gasteiger partial charge in [-0.2, -0.15) is 18.3 Å². The summed E-state index contributed by atoms with van der Waals surface area (Å²) in [7, 11) is 0. The number of hydrogen-bond donors (Lipinski definition) is 1. The van der Waals surface area contributed by atoms with Crippen molar-refractivity contribution in [2.75, 3.05) is 12.3 Å². The molecule has 0 saturated carbocycles. The minimum atomic E-state index is -4.16. The summed E-state index contributed by atoms with van der Waals surface area (Å²) in [5, 5.41) is 7.29. The summed E-state index contributed by atoms with van der Waals surface area (Å²) in [5.41, 5.74) is -2.41. The minimum Gasteiger partial charge on any atom is -0.310 e. The average Bonchev–Trinajstić information content (AvgIpc) is 2.87. The SMILES string of the molecule is FC(F)(F)SCCNCc1ccn(-c2ccccc2)n1. The Hall–Kier alpha value is -1.47. The van der Waals surface area contributed by atoms with E-state index in [1.165, 1.54) is 0 Å². The van der Waals surface area contributed by atoms with E-state index in [-0.39, 0.29) is 17.5 Å². The molecular formula is C13H14F3N3S. The highest BCUT2D eigenvalue weighted by atomic mass is 32.2. The Morgan fingerprint density at radius 3 is 2.60 bits per heavy atom. The second kappa shape index (κ2) is 6.81. The zero-order valence-electron chi connectivity index (χ0n) is 10.6. The van der Waals surface area contributed by atoms with Crippen LogP contribution in [-0.2, 0) is 6.54 Å². The van der Waals surface area contributed by atoms with Crippen LogP contribution in [-0.4, -0.2) is 27.6 Å². The summed E-state index contributed by atoms with van der Waals surface area (Å²) < 4.78 is 37.5. The highest BCUT2D eigenvalue weighted by Gasteiger charge is 2.27. The Balaban J connectivity index is 1.76. The molecule has 0 aliphatic carbocycles. The van der Waals surface area contributed by atoms with Crippen molar-refractivity contribution in [3.05, 3.63) is 48.3 Å². The highest BCUT2D eigenvalue weighted by Crippen LogP contribution is 2.29. The zero-order valence-corrected chi connectivity index (χ0v) is 11.4. The van der Waals surface area contributed by atoms with Crippen molar-refractivity contribution in [2.45, 2.75) is 12.1 Å². The lowest BCUT2D eigenvalue weighted by molar-refractivity contribution is -0.0327. The third kappa shape index (κ3) is 4.90. The van der Waals surface area contributed by atoms with Crippen LogP contribution in [0.15, 0.2) is 42.6 Å². The second-order valence-electron chi connectivity index (χ2n) is 4.06. The Bertz CT molecular complexity index is 525. The van der Waals surface area contributed by atoms with Gasteiger partial charge in [0.2, 0.25) is 0 Å². The van der Waals surface area contributed by atoms with E-state index in [1.807, 2.05) is 42.6 Å². The average molecular weight is 301 g/mol. The molecule has 0 radical (unpaired) electrons. The van der Waals surface area contributed by atoms with Crippen molar-refractivity contribution >= 4 is 11.8 Å². The maximum atomic E-state index is 11.9. The fraction of sp³-hybridized carbons (Fsp3) is 0.308. The Morgan fingerprint density at radius 1 is 1.15 bits per heavy atom. The van der Waals surface area contributed by atoms with Gasteiger partial charge in [0.15, 0.2) is 0 Å². The number of aromatic nitrogens is 2. The molecule has 0 spiro atoms. The Kier molecular flexibility index (Phi) is 5.08. The van der Waals surface area contributed by atoms with Crippen LogP contribution in [0.4, 0.5) is 13.2 Å². The molecule has 0 atom stereocenters. The molecule has 0 saturated heterocycles. The van der Waals surface area contributed by atoms with Crippen molar-refractivity contribution in [3.8, 4) is 5.69 Å². The third-order valence-corrected chi connectivity index (χ3v) is 3.25. The molecule has 108 valence electrons. The summed E-state index contributed by atoms with van der Waals surface area (Å²) in [6, 6.07) is 11.5. The number of halogens is 3. The fourth-order valence-corrected chi connectivity index (χ4v) is 2.11. The molecule has 1 aromatic heterocycles. The van der Waals surface area contributed by atoms with E-state index in [2.05, 4.69) is 10.4 Å². The van der Waals surface area contributed by atoms with Crippen LogP contribution in [0.1, 0.15) is 5.69 Å². The number of nitrogens with one attached hydrogen (secondary N) is 1. The molecule has 1 aromatic carbocycles. The minimum absolute atomic E-state index is 0.00287. The molecule has 0 aliphatic heterocycles. The first-order valence-corrected chi connectivity index (χ1v) is 7.04. The summed E-state index contributed by atoms with van der Waals surface area (Å²) in [5.74, 6) is 0.00287. The number of hydrogen-bond acceptors (Lipinski definition) is 3. The lowest BCUT2D eigenvalue weighted by Crippen LogP contribution is -2.18. The molecule has 0 amide bonds. The van der Waals surface area contributed by atoms with Gasteiger partial charge in [0, 0.05) is 25.0 Å². The van der Waals surface area contributed by atoms with E-state index in [4.69, 9.17) is 0 Å². The standard InChI is InChI=1S/C13H14F3N3S/c14-13(15,16)20-9-7-17-10-11-6-8-19(18-11)12-4-2-1-3-5-12/h1-6,8,17H,7,9-10H2. The third-order valence-electron chi connectivity index (χ3n) is 2.52. The molecule has 3 nitrogen and oxygen atoms in total. The first-order valence-electron chi connectivity index (χ1n) is 6.06. The van der Waals surface area contributed by atoms with Crippen LogP contribution in [0.3, 0.4) is 0 Å². The van der Waals surface area contributed by atoms with E-state index >= 15 is 0 Å². The topological polar surface area (TPSA) is 29.9 Å². The summed E-state index contributed by atoms with van der Waals surface area (Å²) >= 11 is -0.0173. The van der Waals surface area contributed by atoms with E-state index < -0.39 is 5.51 Å². The molecule has 2 aromatic rings. The predicted octanol–water partition coefficient (Wildman–Crippen LogP) is 3.21. The molecule has 0 bridgehead atoms. The Morgan fingerprint density at radius 2 is 1.90 bits per heavy atom. The van der Waals surface area contributed by atoms with Crippen LogP contribution in [0.25, 0.3) is 5.69 Å². The molecule has 0 aliphatic rings. The second-order valence-corrected chi connectivity index (χ2v) is 5.22. The lowest BCUT2D eigenvalue weighted by atomic mass is 10.3. The van der Waals surface area contributed by atoms with Gasteiger partial charge >= 0.3 is 5.51 Å². The van der Waals surface area contributed by atoms with Gasteiger partial charge in [-0.05, 0) is 30.0 Å². The first-order chi connectivity index (χ1) is 9.54. The van der Waals surface area contributed by atoms with Crippen LogP contribution >= 0.6 is 11.8 Å². The molecular weight excluding hydrogens is 287 g/mol. The normalized spacial score (nSPS) is 11.8. The van der Waals surface area contributed by atoms with Crippen LogP contribution in [0, 0.1) is 0 Å². The number of para-hydroxylation sites is 1. The van der Waals surface area contributed by atoms with Gasteiger partial charge < -0.3 is 5.32 Å². The molecule has 1 heterocycles. The predicted molar refractivity (Wildman–Crippen MR) is 73.8 cm³/mol. The van der Waals surface area contributed by atoms with E-state index in [1.54, 1.807) is 4.68 Å². The first kappa shape index (κ1) is 14.9. The molecule has 0 unspecified atom stereocenters. The Labute approximate surface area is 119 Å². The molecule has 20 heavy (non-hydrogen) atoms. The summed E-state index contributed by atoms with van der Waals surface area (Å²) in [6.07, 6.45) is 1.83. The zero-order chi connectivity index (χ0) is 14.4. The maximum absolute atomic E-state index is 11.9. The quantitative estimate of drug-likeness (QED) is 0.831. The maximum Gasteiger partial charge on any atom is 0.441 e. The van der Waals surface area contributed by atoms with Gasteiger partial charge in [-0.3, -0.25) is 0 Å². The van der Waals surface area contributed by atoms with Gasteiger partial charge in [-0.1, -0.05) is 18.2 Å². The number of benzene rings is 1. The highest BCUT2D eigenvalue weighted by molar-refractivity contribution is 8.00. The van der Waals surface area contributed by atoms with E-state index in [9.17, 15) is 13.2 Å². The molecule has 1 N–H and O–H groups in total. The van der Waals surface area contributed by atoms with Gasteiger partial charge in [-0.25, -0.2) is 4.68 Å². The van der Waals surface area contributed by atoms with Crippen LogP contribution in [0.2, 0.25) is 0 Å². The summed E-state index contributed by atoms with van der Waals surface area (Å²) in [4.78, 5) is 0. The van der Waals surface area contributed by atoms with Crippen molar-refractivity contribution in [1.29, 1.82) is 0 Å². The van der Waals surface area contributed by atoms with Gasteiger partial charge in [0.1, 0.15) is 0 Å². The monoisotopic (exact) mass is 301 g/mol. The molecule has 7 heteroatoms. The number of nitrogens with zero attached hydrogens (tertiary/aromatic N) is 2. The van der Waals surface area contributed by atoms with Crippen molar-refractivity contribution < 1.29 is 13.2 Å². The van der Waals surface area contributed by atoms with Gasteiger partial charge in [0.25, 0.3) is 0 Å².